The highest BCUT2D eigenvalue weighted by Gasteiger charge is 2.13. The predicted octanol–water partition coefficient (Wildman–Crippen LogP) is 7.06. The minimum absolute atomic E-state index is 0.424. The molecule has 3 aromatic carbocycles. The van der Waals surface area contributed by atoms with Crippen molar-refractivity contribution < 1.29 is 9.47 Å². The first-order valence-electron chi connectivity index (χ1n) is 8.94. The maximum absolute atomic E-state index is 9.60. The second-order valence-corrected chi connectivity index (χ2v) is 7.72. The van der Waals surface area contributed by atoms with Crippen molar-refractivity contribution in [2.24, 2.45) is 0 Å². The summed E-state index contributed by atoms with van der Waals surface area (Å²) in [4.78, 5) is 0. The number of nitrogens with zero attached hydrogens (tertiary/aromatic N) is 1. The summed E-state index contributed by atoms with van der Waals surface area (Å²) >= 11 is 9.81. The van der Waals surface area contributed by atoms with Crippen molar-refractivity contribution in [1.29, 1.82) is 5.26 Å². The number of rotatable bonds is 6. The largest absolute Gasteiger partial charge is 0.493 e. The normalized spacial score (nSPS) is 11.1. The first-order chi connectivity index (χ1) is 14.0. The molecule has 0 amide bonds. The van der Waals surface area contributed by atoms with Gasteiger partial charge >= 0.3 is 0 Å². The van der Waals surface area contributed by atoms with Crippen LogP contribution < -0.4 is 9.47 Å². The Morgan fingerprint density at radius 3 is 2.52 bits per heavy atom. The number of methoxy groups -OCH3 is 1. The molecule has 5 heteroatoms. The molecule has 0 aliphatic heterocycles. The lowest BCUT2D eigenvalue weighted by atomic mass is 10.0. The lowest BCUT2D eigenvalue weighted by molar-refractivity contribution is 0.282. The van der Waals surface area contributed by atoms with Crippen molar-refractivity contribution >= 4 is 39.2 Å². The molecule has 0 spiro atoms. The molecule has 146 valence electrons. The van der Waals surface area contributed by atoms with E-state index in [1.54, 1.807) is 19.3 Å². The highest BCUT2D eigenvalue weighted by atomic mass is 79.9. The van der Waals surface area contributed by atoms with E-state index in [0.717, 1.165) is 15.6 Å². The van der Waals surface area contributed by atoms with Crippen LogP contribution in [0, 0.1) is 18.3 Å². The van der Waals surface area contributed by atoms with E-state index in [1.807, 2.05) is 42.5 Å². The highest BCUT2D eigenvalue weighted by Crippen LogP contribution is 2.38. The molecule has 0 saturated carbocycles. The Kier molecular flexibility index (Phi) is 6.98. The van der Waals surface area contributed by atoms with Crippen molar-refractivity contribution in [3.63, 3.8) is 0 Å². The number of aryl methyl sites for hydroxylation is 1. The third-order valence-electron chi connectivity index (χ3n) is 4.35. The van der Waals surface area contributed by atoms with E-state index in [2.05, 4.69) is 41.1 Å². The molecule has 0 aromatic heterocycles. The SMILES string of the molecule is COc1cc(C=C(C#N)c2ccccc2Cl)cc(Br)c1OCc1ccc(C)cc1. The molecular formula is C24H19BrClNO2. The minimum atomic E-state index is 0.424. The van der Waals surface area contributed by atoms with E-state index in [1.165, 1.54) is 5.56 Å². The number of hydrogen-bond donors (Lipinski definition) is 0. The van der Waals surface area contributed by atoms with Gasteiger partial charge in [0.1, 0.15) is 6.61 Å². The van der Waals surface area contributed by atoms with Gasteiger partial charge in [0, 0.05) is 10.6 Å². The van der Waals surface area contributed by atoms with Gasteiger partial charge in [-0.1, -0.05) is 59.6 Å². The fourth-order valence-electron chi connectivity index (χ4n) is 2.82. The van der Waals surface area contributed by atoms with Gasteiger partial charge in [-0.3, -0.25) is 0 Å². The number of hydrogen-bond acceptors (Lipinski definition) is 3. The molecule has 0 atom stereocenters. The smallest absolute Gasteiger partial charge is 0.175 e. The number of allylic oxidation sites excluding steroid dienone is 1. The molecule has 0 radical (unpaired) electrons. The topological polar surface area (TPSA) is 42.2 Å². The molecule has 0 N–H and O–H groups in total. The lowest BCUT2D eigenvalue weighted by Gasteiger charge is -2.14. The molecule has 0 fully saturated rings. The maximum atomic E-state index is 9.60. The lowest BCUT2D eigenvalue weighted by Crippen LogP contribution is -1.99. The van der Waals surface area contributed by atoms with Crippen LogP contribution >= 0.6 is 27.5 Å². The molecule has 0 unspecified atom stereocenters. The fraction of sp³-hybridized carbons (Fsp3) is 0.125. The van der Waals surface area contributed by atoms with Gasteiger partial charge in [-0.2, -0.15) is 5.26 Å². The predicted molar refractivity (Wildman–Crippen MR) is 121 cm³/mol. The molecule has 0 heterocycles. The van der Waals surface area contributed by atoms with Crippen molar-refractivity contribution in [1.82, 2.24) is 0 Å². The Hall–Kier alpha value is -2.74. The Balaban J connectivity index is 1.90. The summed E-state index contributed by atoms with van der Waals surface area (Å²) in [6, 6.07) is 21.4. The zero-order valence-electron chi connectivity index (χ0n) is 16.1. The number of nitriles is 1. The van der Waals surface area contributed by atoms with Crippen molar-refractivity contribution in [3.8, 4) is 17.6 Å². The summed E-state index contributed by atoms with van der Waals surface area (Å²) in [6.45, 7) is 2.47. The second kappa shape index (κ2) is 9.65. The zero-order valence-corrected chi connectivity index (χ0v) is 18.4. The molecular weight excluding hydrogens is 450 g/mol. The molecule has 0 saturated heterocycles. The standard InChI is InChI=1S/C24H19BrClNO2/c1-16-7-9-17(10-8-16)15-29-24-21(25)12-18(13-23(24)28-2)11-19(14-27)20-5-3-4-6-22(20)26/h3-13H,15H2,1-2H3. The average Bonchev–Trinajstić information content (AvgIpc) is 2.72. The monoisotopic (exact) mass is 467 g/mol. The first-order valence-corrected chi connectivity index (χ1v) is 10.1. The van der Waals surface area contributed by atoms with E-state index in [9.17, 15) is 5.26 Å². The second-order valence-electron chi connectivity index (χ2n) is 6.46. The molecule has 3 aromatic rings. The Labute approximate surface area is 184 Å². The molecule has 29 heavy (non-hydrogen) atoms. The Morgan fingerprint density at radius 1 is 1.14 bits per heavy atom. The summed E-state index contributed by atoms with van der Waals surface area (Å²) in [5, 5.41) is 10.1. The van der Waals surface area contributed by atoms with Crippen LogP contribution in [0.25, 0.3) is 11.6 Å². The first kappa shape index (κ1) is 21.0. The summed E-state index contributed by atoms with van der Waals surface area (Å²) in [5.74, 6) is 1.19. The van der Waals surface area contributed by atoms with Crippen molar-refractivity contribution in [3.05, 3.63) is 92.4 Å². The quantitative estimate of drug-likeness (QED) is 0.287. The molecule has 0 aliphatic rings. The molecule has 0 aliphatic carbocycles. The summed E-state index contributed by atoms with van der Waals surface area (Å²) in [7, 11) is 1.59. The van der Waals surface area contributed by atoms with E-state index in [0.29, 0.717) is 34.3 Å². The van der Waals surface area contributed by atoms with Crippen LogP contribution in [0.2, 0.25) is 5.02 Å². The number of benzene rings is 3. The van der Waals surface area contributed by atoms with Gasteiger partial charge in [0.25, 0.3) is 0 Å². The van der Waals surface area contributed by atoms with E-state index < -0.39 is 0 Å². The van der Waals surface area contributed by atoms with Crippen molar-refractivity contribution in [2.75, 3.05) is 7.11 Å². The molecule has 3 rings (SSSR count). The fourth-order valence-corrected chi connectivity index (χ4v) is 3.63. The number of halogens is 2. The summed E-state index contributed by atoms with van der Waals surface area (Å²) in [6.07, 6.45) is 1.78. The van der Waals surface area contributed by atoms with Crippen LogP contribution in [-0.2, 0) is 6.61 Å². The van der Waals surface area contributed by atoms with Crippen LogP contribution in [0.1, 0.15) is 22.3 Å². The van der Waals surface area contributed by atoms with E-state index >= 15 is 0 Å². The van der Waals surface area contributed by atoms with Crippen LogP contribution in [0.5, 0.6) is 11.5 Å². The molecule has 0 bridgehead atoms. The van der Waals surface area contributed by atoms with Gasteiger partial charge in [0.2, 0.25) is 0 Å². The van der Waals surface area contributed by atoms with Gasteiger partial charge in [0.05, 0.1) is 23.2 Å². The minimum Gasteiger partial charge on any atom is -0.493 e. The zero-order chi connectivity index (χ0) is 20.8. The van der Waals surface area contributed by atoms with E-state index in [-0.39, 0.29) is 0 Å². The van der Waals surface area contributed by atoms with E-state index in [4.69, 9.17) is 21.1 Å². The van der Waals surface area contributed by atoms with Gasteiger partial charge in [-0.25, -0.2) is 0 Å². The van der Waals surface area contributed by atoms with Gasteiger partial charge in [-0.05, 0) is 58.3 Å². The van der Waals surface area contributed by atoms with Crippen LogP contribution in [-0.4, -0.2) is 7.11 Å². The van der Waals surface area contributed by atoms with Gasteiger partial charge in [0.15, 0.2) is 11.5 Å². The third-order valence-corrected chi connectivity index (χ3v) is 5.27. The highest BCUT2D eigenvalue weighted by molar-refractivity contribution is 9.10. The van der Waals surface area contributed by atoms with Crippen LogP contribution in [0.3, 0.4) is 0 Å². The van der Waals surface area contributed by atoms with Crippen LogP contribution in [0.4, 0.5) is 0 Å². The Bertz CT molecular complexity index is 1090. The van der Waals surface area contributed by atoms with Gasteiger partial charge < -0.3 is 9.47 Å². The summed E-state index contributed by atoms with van der Waals surface area (Å²) in [5.41, 5.74) is 4.23. The average molecular weight is 469 g/mol. The number of ether oxygens (including phenoxy) is 2. The van der Waals surface area contributed by atoms with Gasteiger partial charge in [-0.15, -0.1) is 0 Å². The van der Waals surface area contributed by atoms with Crippen molar-refractivity contribution in [2.45, 2.75) is 13.5 Å². The van der Waals surface area contributed by atoms with Crippen LogP contribution in [0.15, 0.2) is 65.1 Å². The maximum Gasteiger partial charge on any atom is 0.175 e. The summed E-state index contributed by atoms with van der Waals surface area (Å²) < 4.78 is 12.3. The third kappa shape index (κ3) is 5.20. The Morgan fingerprint density at radius 2 is 1.86 bits per heavy atom. The molecule has 3 nitrogen and oxygen atoms in total.